The zero-order chi connectivity index (χ0) is 16.3. The van der Waals surface area contributed by atoms with Gasteiger partial charge < -0.3 is 10.6 Å². The number of hydrogen-bond donors (Lipinski definition) is 2. The average Bonchev–Trinajstić information content (AvgIpc) is 2.42. The smallest absolute Gasteiger partial charge is 0.275 e. The second-order valence-corrected chi connectivity index (χ2v) is 6.53. The Kier molecular flexibility index (Phi) is 4.88. The topological polar surface area (TPSA) is 66.9 Å². The van der Waals surface area contributed by atoms with Gasteiger partial charge in [0.25, 0.3) is 5.91 Å². The predicted octanol–water partition coefficient (Wildman–Crippen LogP) is 4.25. The monoisotopic (exact) mass is 338 g/mol. The van der Waals surface area contributed by atoms with Crippen LogP contribution >= 0.6 is 23.2 Å². The van der Waals surface area contributed by atoms with Gasteiger partial charge in [0.2, 0.25) is 0 Å². The lowest BCUT2D eigenvalue weighted by atomic mass is 10.1. The van der Waals surface area contributed by atoms with Crippen molar-refractivity contribution in [2.75, 3.05) is 10.6 Å². The van der Waals surface area contributed by atoms with Gasteiger partial charge in [0, 0.05) is 5.54 Å². The third kappa shape index (κ3) is 4.32. The van der Waals surface area contributed by atoms with Gasteiger partial charge in [-0.05, 0) is 32.9 Å². The van der Waals surface area contributed by atoms with E-state index in [9.17, 15) is 4.79 Å². The second kappa shape index (κ2) is 6.50. The Bertz CT molecular complexity index is 661. The van der Waals surface area contributed by atoms with Crippen LogP contribution < -0.4 is 10.6 Å². The average molecular weight is 339 g/mol. The number of carbonyl (C=O) groups excluding carboxylic acids is 1. The Morgan fingerprint density at radius 3 is 2.23 bits per heavy atom. The van der Waals surface area contributed by atoms with E-state index in [-0.39, 0.29) is 11.2 Å². The molecule has 1 heterocycles. The lowest BCUT2D eigenvalue weighted by Crippen LogP contribution is -2.27. The summed E-state index contributed by atoms with van der Waals surface area (Å²) in [6, 6.07) is 4.99. The molecule has 1 aromatic carbocycles. The fraction of sp³-hybridized carbons (Fsp3) is 0.267. The highest BCUT2D eigenvalue weighted by atomic mass is 35.5. The second-order valence-electron chi connectivity index (χ2n) is 5.71. The van der Waals surface area contributed by atoms with Crippen LogP contribution in [0, 0.1) is 0 Å². The molecule has 2 rings (SSSR count). The molecule has 0 atom stereocenters. The van der Waals surface area contributed by atoms with E-state index in [1.54, 1.807) is 18.2 Å². The summed E-state index contributed by atoms with van der Waals surface area (Å²) in [6.45, 7) is 6.03. The molecule has 0 saturated carbocycles. The van der Waals surface area contributed by atoms with Gasteiger partial charge >= 0.3 is 0 Å². The summed E-state index contributed by atoms with van der Waals surface area (Å²) in [7, 11) is 0. The molecule has 0 bridgehead atoms. The van der Waals surface area contributed by atoms with Crippen molar-refractivity contribution < 1.29 is 4.79 Å². The molecule has 0 aliphatic heterocycles. The van der Waals surface area contributed by atoms with Crippen LogP contribution in [-0.4, -0.2) is 21.4 Å². The molecule has 116 valence electrons. The number of rotatable bonds is 3. The number of nitrogens with one attached hydrogen (secondary N) is 2. The Balaban J connectivity index is 2.13. The van der Waals surface area contributed by atoms with Crippen molar-refractivity contribution in [3.05, 3.63) is 46.3 Å². The molecule has 2 N–H and O–H groups in total. The molecule has 0 unspecified atom stereocenters. The van der Waals surface area contributed by atoms with Crippen molar-refractivity contribution in [2.24, 2.45) is 0 Å². The van der Waals surface area contributed by atoms with Crippen molar-refractivity contribution in [3.63, 3.8) is 0 Å². The molecule has 0 aliphatic carbocycles. The minimum atomic E-state index is -0.426. The third-order valence-electron chi connectivity index (χ3n) is 2.59. The fourth-order valence-electron chi connectivity index (χ4n) is 1.69. The molecular formula is C15H16Cl2N4O. The number of hydrogen-bond acceptors (Lipinski definition) is 4. The Morgan fingerprint density at radius 2 is 1.73 bits per heavy atom. The number of halogens is 2. The van der Waals surface area contributed by atoms with Gasteiger partial charge in [-0.2, -0.15) is 0 Å². The molecule has 0 fully saturated rings. The normalized spacial score (nSPS) is 11.1. The van der Waals surface area contributed by atoms with E-state index < -0.39 is 5.91 Å². The Morgan fingerprint density at radius 1 is 1.09 bits per heavy atom. The first-order valence-electron chi connectivity index (χ1n) is 6.62. The van der Waals surface area contributed by atoms with E-state index in [1.165, 1.54) is 12.4 Å². The van der Waals surface area contributed by atoms with Gasteiger partial charge in [0.05, 0.1) is 28.1 Å². The molecule has 0 aliphatic rings. The first kappa shape index (κ1) is 16.5. The number of para-hydroxylation sites is 1. The number of anilines is 2. The number of amides is 1. The van der Waals surface area contributed by atoms with E-state index >= 15 is 0 Å². The molecule has 1 aromatic heterocycles. The van der Waals surface area contributed by atoms with E-state index in [1.807, 2.05) is 20.8 Å². The van der Waals surface area contributed by atoms with Crippen molar-refractivity contribution >= 4 is 40.6 Å². The Hall–Kier alpha value is -1.85. The minimum Gasteiger partial charge on any atom is -0.364 e. The molecule has 7 heteroatoms. The van der Waals surface area contributed by atoms with Crippen LogP contribution in [-0.2, 0) is 0 Å². The van der Waals surface area contributed by atoms with Crippen molar-refractivity contribution in [1.29, 1.82) is 0 Å². The fourth-order valence-corrected chi connectivity index (χ4v) is 2.18. The first-order chi connectivity index (χ1) is 10.3. The summed E-state index contributed by atoms with van der Waals surface area (Å²) in [5, 5.41) is 6.53. The molecule has 22 heavy (non-hydrogen) atoms. The lowest BCUT2D eigenvalue weighted by Gasteiger charge is -2.20. The van der Waals surface area contributed by atoms with E-state index in [0.29, 0.717) is 21.6 Å². The molecule has 2 aromatic rings. The number of aromatic nitrogens is 2. The van der Waals surface area contributed by atoms with Gasteiger partial charge in [0.1, 0.15) is 11.5 Å². The predicted molar refractivity (Wildman–Crippen MR) is 89.8 cm³/mol. The lowest BCUT2D eigenvalue weighted by molar-refractivity contribution is 0.102. The van der Waals surface area contributed by atoms with Gasteiger partial charge in [-0.15, -0.1) is 0 Å². The maximum atomic E-state index is 12.2. The summed E-state index contributed by atoms with van der Waals surface area (Å²) < 4.78 is 0. The highest BCUT2D eigenvalue weighted by Gasteiger charge is 2.14. The molecule has 0 spiro atoms. The van der Waals surface area contributed by atoms with Gasteiger partial charge in [0.15, 0.2) is 0 Å². The highest BCUT2D eigenvalue weighted by molar-refractivity contribution is 6.39. The molecule has 0 radical (unpaired) electrons. The van der Waals surface area contributed by atoms with E-state index in [0.717, 1.165) is 0 Å². The molecular weight excluding hydrogens is 323 g/mol. The highest BCUT2D eigenvalue weighted by Crippen LogP contribution is 2.30. The van der Waals surface area contributed by atoms with Crippen molar-refractivity contribution in [3.8, 4) is 0 Å². The molecule has 0 saturated heterocycles. The van der Waals surface area contributed by atoms with Crippen LogP contribution in [0.25, 0.3) is 0 Å². The van der Waals surface area contributed by atoms with Crippen LogP contribution in [0.1, 0.15) is 31.3 Å². The summed E-state index contributed by atoms with van der Waals surface area (Å²) in [6.07, 6.45) is 2.91. The van der Waals surface area contributed by atoms with Gasteiger partial charge in [-0.3, -0.25) is 4.79 Å². The molecule has 5 nitrogen and oxygen atoms in total. The maximum Gasteiger partial charge on any atom is 0.275 e. The summed E-state index contributed by atoms with van der Waals surface area (Å²) >= 11 is 12.0. The largest absolute Gasteiger partial charge is 0.364 e. The number of nitrogens with zero attached hydrogens (tertiary/aromatic N) is 2. The number of carbonyl (C=O) groups is 1. The van der Waals surface area contributed by atoms with Crippen LogP contribution in [0.15, 0.2) is 30.6 Å². The third-order valence-corrected chi connectivity index (χ3v) is 3.22. The van der Waals surface area contributed by atoms with E-state index in [4.69, 9.17) is 23.2 Å². The zero-order valence-corrected chi connectivity index (χ0v) is 14.0. The van der Waals surface area contributed by atoms with Crippen LogP contribution in [0.4, 0.5) is 11.5 Å². The van der Waals surface area contributed by atoms with Crippen molar-refractivity contribution in [2.45, 2.75) is 26.3 Å². The van der Waals surface area contributed by atoms with Crippen LogP contribution in [0.3, 0.4) is 0 Å². The van der Waals surface area contributed by atoms with Crippen LogP contribution in [0.5, 0.6) is 0 Å². The minimum absolute atomic E-state index is 0.135. The summed E-state index contributed by atoms with van der Waals surface area (Å²) in [5.41, 5.74) is 0.397. The quantitative estimate of drug-likeness (QED) is 0.877. The standard InChI is InChI=1S/C15H16Cl2N4O/c1-15(2,3)21-12-8-18-11(7-19-12)14(22)20-13-9(16)5-4-6-10(13)17/h4-8H,1-3H3,(H,19,21)(H,20,22). The summed E-state index contributed by atoms with van der Waals surface area (Å²) in [4.78, 5) is 20.4. The number of benzene rings is 1. The zero-order valence-electron chi connectivity index (χ0n) is 12.4. The SMILES string of the molecule is CC(C)(C)Nc1cnc(C(=O)Nc2c(Cl)cccc2Cl)cn1. The molecule has 1 amide bonds. The maximum absolute atomic E-state index is 12.2. The van der Waals surface area contributed by atoms with E-state index in [2.05, 4.69) is 20.6 Å². The first-order valence-corrected chi connectivity index (χ1v) is 7.37. The van der Waals surface area contributed by atoms with Gasteiger partial charge in [-0.25, -0.2) is 9.97 Å². The van der Waals surface area contributed by atoms with Gasteiger partial charge in [-0.1, -0.05) is 29.3 Å². The summed E-state index contributed by atoms with van der Waals surface area (Å²) in [5.74, 6) is 0.171. The van der Waals surface area contributed by atoms with Crippen LogP contribution in [0.2, 0.25) is 10.0 Å². The van der Waals surface area contributed by atoms with Crippen molar-refractivity contribution in [1.82, 2.24) is 9.97 Å². The Labute approximate surface area is 139 Å².